The van der Waals surface area contributed by atoms with E-state index in [1.165, 1.54) is 12.8 Å². The number of likely N-dealkylation sites (N-methyl/N-ethyl adjacent to an activating group) is 1. The molecule has 1 aliphatic carbocycles. The number of fused-ring (bicyclic) bond motifs is 1. The first-order valence-corrected chi connectivity index (χ1v) is 13.5. The van der Waals surface area contributed by atoms with Crippen molar-refractivity contribution in [1.82, 2.24) is 10.2 Å². The molecule has 2 aromatic rings. The van der Waals surface area contributed by atoms with Gasteiger partial charge in [0, 0.05) is 43.9 Å². The van der Waals surface area contributed by atoms with Gasteiger partial charge in [-0.3, -0.25) is 14.7 Å². The fourth-order valence-electron chi connectivity index (χ4n) is 5.58. The van der Waals surface area contributed by atoms with E-state index in [0.717, 1.165) is 81.1 Å². The van der Waals surface area contributed by atoms with E-state index in [1.807, 2.05) is 42.5 Å². The van der Waals surface area contributed by atoms with Gasteiger partial charge in [0.1, 0.15) is 0 Å². The Morgan fingerprint density at radius 3 is 2.57 bits per heavy atom. The van der Waals surface area contributed by atoms with Crippen LogP contribution >= 0.6 is 0 Å². The van der Waals surface area contributed by atoms with Crippen LogP contribution in [0.3, 0.4) is 0 Å². The number of morpholine rings is 1. The second kappa shape index (κ2) is 11.9. The largest absolute Gasteiger partial charge is 0.379 e. The number of benzene rings is 2. The summed E-state index contributed by atoms with van der Waals surface area (Å²) < 4.78 is 5.44. The third kappa shape index (κ3) is 6.19. The SMILES string of the molecule is CN1C(=O)[C@H](NC(=O)Nc2cccc(CN3CCOCC3)c2)N=C(C2CCCCCC2)c2ccccc21. The average molecular weight is 504 g/mol. The molecule has 0 bridgehead atoms. The molecule has 8 heteroatoms. The molecule has 3 aliphatic rings. The molecular formula is C29H37N5O3. The molecule has 1 saturated carbocycles. The first-order chi connectivity index (χ1) is 18.1. The molecule has 8 nitrogen and oxygen atoms in total. The predicted molar refractivity (Wildman–Crippen MR) is 146 cm³/mol. The lowest BCUT2D eigenvalue weighted by molar-refractivity contribution is -0.119. The maximum Gasteiger partial charge on any atom is 0.321 e. The van der Waals surface area contributed by atoms with Crippen LogP contribution in [0.1, 0.15) is 49.7 Å². The topological polar surface area (TPSA) is 86.3 Å². The van der Waals surface area contributed by atoms with Gasteiger partial charge in [0.2, 0.25) is 6.17 Å². The van der Waals surface area contributed by atoms with Gasteiger partial charge >= 0.3 is 6.03 Å². The fraction of sp³-hybridized carbons (Fsp3) is 0.483. The van der Waals surface area contributed by atoms with Crippen molar-refractivity contribution in [3.63, 3.8) is 0 Å². The number of urea groups is 1. The first-order valence-electron chi connectivity index (χ1n) is 13.5. The highest BCUT2D eigenvalue weighted by molar-refractivity contribution is 6.14. The van der Waals surface area contributed by atoms with Crippen LogP contribution < -0.4 is 15.5 Å². The molecule has 0 unspecified atom stereocenters. The van der Waals surface area contributed by atoms with Crippen molar-refractivity contribution in [1.29, 1.82) is 0 Å². The summed E-state index contributed by atoms with van der Waals surface area (Å²) in [6.07, 6.45) is 5.93. The number of hydrogen-bond donors (Lipinski definition) is 2. The van der Waals surface area contributed by atoms with Crippen LogP contribution in [0.4, 0.5) is 16.2 Å². The quantitative estimate of drug-likeness (QED) is 0.592. The number of rotatable bonds is 5. The Kier molecular flexibility index (Phi) is 8.16. The lowest BCUT2D eigenvalue weighted by Crippen LogP contribution is -2.47. The lowest BCUT2D eigenvalue weighted by Gasteiger charge is -2.26. The number of para-hydroxylation sites is 1. The highest BCUT2D eigenvalue weighted by Gasteiger charge is 2.33. The number of anilines is 2. The van der Waals surface area contributed by atoms with Crippen LogP contribution in [-0.2, 0) is 16.1 Å². The second-order valence-electron chi connectivity index (χ2n) is 10.2. The van der Waals surface area contributed by atoms with Gasteiger partial charge in [-0.25, -0.2) is 4.79 Å². The lowest BCUT2D eigenvalue weighted by atomic mass is 9.89. The van der Waals surface area contributed by atoms with Crippen LogP contribution in [0.15, 0.2) is 53.5 Å². The van der Waals surface area contributed by atoms with E-state index in [4.69, 9.17) is 9.73 Å². The molecule has 0 aromatic heterocycles. The minimum Gasteiger partial charge on any atom is -0.379 e. The maximum atomic E-state index is 13.4. The molecule has 37 heavy (non-hydrogen) atoms. The van der Waals surface area contributed by atoms with E-state index in [-0.39, 0.29) is 11.8 Å². The summed E-state index contributed by atoms with van der Waals surface area (Å²) in [7, 11) is 1.76. The van der Waals surface area contributed by atoms with Gasteiger partial charge in [0.05, 0.1) is 24.6 Å². The number of carbonyl (C=O) groups excluding carboxylic acids is 2. The zero-order valence-electron chi connectivity index (χ0n) is 21.6. The minimum absolute atomic E-state index is 0.243. The van der Waals surface area contributed by atoms with E-state index in [1.54, 1.807) is 11.9 Å². The Labute approximate surface area is 219 Å². The van der Waals surface area contributed by atoms with Gasteiger partial charge in [-0.2, -0.15) is 0 Å². The van der Waals surface area contributed by atoms with Crippen LogP contribution in [0, 0.1) is 5.92 Å². The van der Waals surface area contributed by atoms with Gasteiger partial charge in [-0.15, -0.1) is 0 Å². The van der Waals surface area contributed by atoms with Gasteiger partial charge in [-0.1, -0.05) is 56.0 Å². The monoisotopic (exact) mass is 503 g/mol. The van der Waals surface area contributed by atoms with E-state index in [2.05, 4.69) is 21.6 Å². The second-order valence-corrected chi connectivity index (χ2v) is 10.2. The Bertz CT molecular complexity index is 1140. The Morgan fingerprint density at radius 2 is 1.78 bits per heavy atom. The number of nitrogens with one attached hydrogen (secondary N) is 2. The number of nitrogens with zero attached hydrogens (tertiary/aromatic N) is 3. The third-order valence-corrected chi connectivity index (χ3v) is 7.58. The zero-order valence-corrected chi connectivity index (χ0v) is 21.6. The minimum atomic E-state index is -0.979. The van der Waals surface area contributed by atoms with E-state index in [0.29, 0.717) is 5.69 Å². The molecule has 5 rings (SSSR count). The molecule has 2 heterocycles. The average Bonchev–Trinajstić information content (AvgIpc) is 3.24. The summed E-state index contributed by atoms with van der Waals surface area (Å²) in [5.41, 5.74) is 4.58. The molecule has 2 fully saturated rings. The van der Waals surface area contributed by atoms with Crippen LogP contribution in [0.25, 0.3) is 0 Å². The van der Waals surface area contributed by atoms with Crippen LogP contribution in [0.2, 0.25) is 0 Å². The first kappa shape index (κ1) is 25.4. The van der Waals surface area contributed by atoms with Crippen molar-refractivity contribution < 1.29 is 14.3 Å². The smallest absolute Gasteiger partial charge is 0.321 e. The molecule has 2 N–H and O–H groups in total. The maximum absolute atomic E-state index is 13.4. The summed E-state index contributed by atoms with van der Waals surface area (Å²) in [5, 5.41) is 5.77. The number of benzodiazepines with no additional fused rings is 1. The molecule has 1 atom stereocenters. The van der Waals surface area contributed by atoms with Crippen LogP contribution in [-0.4, -0.2) is 62.1 Å². The van der Waals surface area contributed by atoms with E-state index >= 15 is 0 Å². The summed E-state index contributed by atoms with van der Waals surface area (Å²) in [6.45, 7) is 4.10. The van der Waals surface area contributed by atoms with Crippen molar-refractivity contribution in [3.05, 3.63) is 59.7 Å². The van der Waals surface area contributed by atoms with Gasteiger partial charge < -0.3 is 20.3 Å². The number of carbonyl (C=O) groups is 2. The summed E-state index contributed by atoms with van der Waals surface area (Å²) in [4.78, 5) is 35.4. The summed E-state index contributed by atoms with van der Waals surface area (Å²) in [5.74, 6) is 0.0412. The summed E-state index contributed by atoms with van der Waals surface area (Å²) >= 11 is 0. The molecule has 0 spiro atoms. The van der Waals surface area contributed by atoms with Gasteiger partial charge in [-0.05, 0) is 36.6 Å². The normalized spacial score (nSPS) is 21.4. The van der Waals surface area contributed by atoms with Crippen molar-refractivity contribution >= 4 is 29.0 Å². The van der Waals surface area contributed by atoms with Crippen molar-refractivity contribution in [2.24, 2.45) is 10.9 Å². The highest BCUT2D eigenvalue weighted by Crippen LogP contribution is 2.32. The molecule has 3 amide bonds. The number of amides is 3. The van der Waals surface area contributed by atoms with Gasteiger partial charge in [0.25, 0.3) is 5.91 Å². The number of hydrogen-bond acceptors (Lipinski definition) is 5. The van der Waals surface area contributed by atoms with E-state index in [9.17, 15) is 9.59 Å². The van der Waals surface area contributed by atoms with Crippen molar-refractivity contribution in [3.8, 4) is 0 Å². The van der Waals surface area contributed by atoms with Crippen molar-refractivity contribution in [2.45, 2.75) is 51.2 Å². The molecule has 2 aliphatic heterocycles. The van der Waals surface area contributed by atoms with Crippen LogP contribution in [0.5, 0.6) is 0 Å². The molecule has 2 aromatic carbocycles. The fourth-order valence-corrected chi connectivity index (χ4v) is 5.58. The third-order valence-electron chi connectivity index (χ3n) is 7.58. The predicted octanol–water partition coefficient (Wildman–Crippen LogP) is 4.40. The molecular weight excluding hydrogens is 466 g/mol. The molecule has 0 radical (unpaired) electrons. The van der Waals surface area contributed by atoms with E-state index < -0.39 is 12.2 Å². The highest BCUT2D eigenvalue weighted by atomic mass is 16.5. The molecule has 196 valence electrons. The Balaban J connectivity index is 1.33. The Hall–Kier alpha value is -3.23. The standard InChI is InChI=1S/C29H37N5O3/c1-33-25-14-7-6-13-24(25)26(22-10-4-2-3-5-11-22)31-27(28(33)35)32-29(36)30-23-12-8-9-21(19-23)20-34-15-17-37-18-16-34/h6-9,12-14,19,22,27H,2-5,10-11,15-18,20H2,1H3,(H2,30,32,36)/t27-/m0/s1. The number of aliphatic imine (C=N–C) groups is 1. The van der Waals surface area contributed by atoms with Gasteiger partial charge in [0.15, 0.2) is 0 Å². The zero-order chi connectivity index (χ0) is 25.6. The summed E-state index contributed by atoms with van der Waals surface area (Å²) in [6, 6.07) is 15.3. The number of ether oxygens (including phenoxy) is 1. The molecule has 1 saturated heterocycles. The van der Waals surface area contributed by atoms with Crippen molar-refractivity contribution in [2.75, 3.05) is 43.6 Å². The Morgan fingerprint density at radius 1 is 1.03 bits per heavy atom.